The minimum Gasteiger partial charge on any atom is -0.451 e. The Morgan fingerprint density at radius 3 is 2.59 bits per heavy atom. The van der Waals surface area contributed by atoms with E-state index in [1.54, 1.807) is 13.0 Å². The maximum Gasteiger partial charge on any atom is 0.303 e. The molecule has 5 heteroatoms. The van der Waals surface area contributed by atoms with Gasteiger partial charge in [0.05, 0.1) is 6.10 Å². The Morgan fingerprint density at radius 2 is 1.93 bits per heavy atom. The lowest BCUT2D eigenvalue weighted by Gasteiger charge is -2.57. The van der Waals surface area contributed by atoms with Crippen molar-refractivity contribution in [1.82, 2.24) is 0 Å². The first-order valence-electron chi connectivity index (χ1n) is 10.9. The number of Topliss-reactive ketones (excluding diaryl/α,β-unsaturated/α-hetero) is 1. The third kappa shape index (κ3) is 2.03. The van der Waals surface area contributed by atoms with Crippen LogP contribution in [0.3, 0.4) is 0 Å². The zero-order chi connectivity index (χ0) is 21.0. The fraction of sp³-hybridized carbons (Fsp3) is 0.708. The molecule has 1 heterocycles. The van der Waals surface area contributed by atoms with Crippen molar-refractivity contribution in [2.75, 3.05) is 0 Å². The van der Waals surface area contributed by atoms with Gasteiger partial charge in [0.1, 0.15) is 5.60 Å². The third-order valence-corrected chi connectivity index (χ3v) is 9.27. The van der Waals surface area contributed by atoms with Crippen LogP contribution in [0.25, 0.3) is 0 Å². The first-order chi connectivity index (χ1) is 13.5. The van der Waals surface area contributed by atoms with Crippen LogP contribution in [0.5, 0.6) is 0 Å². The lowest BCUT2D eigenvalue weighted by molar-refractivity contribution is -0.184. The second-order valence-electron chi connectivity index (χ2n) is 10.4. The Kier molecular flexibility index (Phi) is 3.64. The van der Waals surface area contributed by atoms with E-state index in [0.29, 0.717) is 12.8 Å². The summed E-state index contributed by atoms with van der Waals surface area (Å²) in [6.45, 7) is 9.51. The van der Waals surface area contributed by atoms with Crippen LogP contribution in [-0.4, -0.2) is 34.8 Å². The number of esters is 1. The van der Waals surface area contributed by atoms with Crippen LogP contribution in [0.2, 0.25) is 0 Å². The molecule has 0 bridgehead atoms. The summed E-state index contributed by atoms with van der Waals surface area (Å²) < 4.78 is 12.4. The van der Waals surface area contributed by atoms with Crippen molar-refractivity contribution in [2.24, 2.45) is 28.6 Å². The van der Waals surface area contributed by atoms with E-state index in [1.165, 1.54) is 12.5 Å². The Labute approximate surface area is 171 Å². The van der Waals surface area contributed by atoms with Gasteiger partial charge in [0.15, 0.2) is 17.2 Å². The van der Waals surface area contributed by atoms with Crippen molar-refractivity contribution in [3.8, 4) is 0 Å². The van der Waals surface area contributed by atoms with E-state index < -0.39 is 17.0 Å². The highest BCUT2D eigenvalue weighted by Gasteiger charge is 2.82. The molecule has 5 aliphatic rings. The number of ketones is 2. The quantitative estimate of drug-likeness (QED) is 0.525. The highest BCUT2D eigenvalue weighted by atomic mass is 16.6. The number of carbonyl (C=O) groups excluding carboxylic acids is 3. The molecular weight excluding hydrogens is 368 g/mol. The van der Waals surface area contributed by atoms with Crippen LogP contribution in [0, 0.1) is 28.6 Å². The number of hydrogen-bond donors (Lipinski definition) is 0. The second kappa shape index (κ2) is 5.48. The van der Waals surface area contributed by atoms with Crippen LogP contribution in [0.4, 0.5) is 0 Å². The van der Waals surface area contributed by atoms with Crippen LogP contribution >= 0.6 is 0 Å². The summed E-state index contributed by atoms with van der Waals surface area (Å²) in [5, 5.41) is 0. The molecule has 0 amide bonds. The molecule has 5 nitrogen and oxygen atoms in total. The summed E-state index contributed by atoms with van der Waals surface area (Å²) in [5.74, 6) is 0.415. The van der Waals surface area contributed by atoms with Gasteiger partial charge >= 0.3 is 5.97 Å². The predicted molar refractivity (Wildman–Crippen MR) is 106 cm³/mol. The van der Waals surface area contributed by atoms with E-state index in [9.17, 15) is 14.4 Å². The van der Waals surface area contributed by atoms with Gasteiger partial charge in [-0.25, -0.2) is 0 Å². The van der Waals surface area contributed by atoms with E-state index in [2.05, 4.69) is 26.8 Å². The zero-order valence-corrected chi connectivity index (χ0v) is 17.9. The number of hydrogen-bond acceptors (Lipinski definition) is 5. The van der Waals surface area contributed by atoms with Gasteiger partial charge in [-0.1, -0.05) is 25.5 Å². The summed E-state index contributed by atoms with van der Waals surface area (Å²) >= 11 is 0. The van der Waals surface area contributed by atoms with E-state index in [-0.39, 0.29) is 46.4 Å². The predicted octanol–water partition coefficient (Wildman–Crippen LogP) is 3.56. The Hall–Kier alpha value is -1.75. The Morgan fingerprint density at radius 1 is 1.21 bits per heavy atom. The van der Waals surface area contributed by atoms with E-state index in [4.69, 9.17) is 9.47 Å². The van der Waals surface area contributed by atoms with Crippen LogP contribution in [-0.2, 0) is 23.9 Å². The first-order valence-corrected chi connectivity index (χ1v) is 10.9. The van der Waals surface area contributed by atoms with Crippen LogP contribution in [0.1, 0.15) is 60.3 Å². The van der Waals surface area contributed by atoms with Crippen LogP contribution in [0.15, 0.2) is 23.8 Å². The number of allylic oxidation sites excluding steroid dienone is 2. The minimum atomic E-state index is -1.06. The van der Waals surface area contributed by atoms with Gasteiger partial charge in [-0.2, -0.15) is 0 Å². The molecule has 1 spiro atoms. The SMILES string of the molecule is CC(=O)O[C@]1(C(C)=O)CC[C@H]2[C@@H]3C[C@H](C)C4=CC(=O)C=C[C@]4(C)[C@@]34O[C@@H]4C[C@@]21C. The number of rotatable bonds is 2. The van der Waals surface area contributed by atoms with Gasteiger partial charge in [0, 0.05) is 17.8 Å². The normalized spacial score (nSPS) is 51.9. The average molecular weight is 398 g/mol. The highest BCUT2D eigenvalue weighted by molar-refractivity contribution is 6.01. The maximum absolute atomic E-state index is 12.9. The molecule has 8 atom stereocenters. The highest BCUT2D eigenvalue weighted by Crippen LogP contribution is 2.76. The van der Waals surface area contributed by atoms with Gasteiger partial charge in [-0.15, -0.1) is 0 Å². The molecule has 0 N–H and O–H groups in total. The molecule has 0 unspecified atom stereocenters. The largest absolute Gasteiger partial charge is 0.451 e. The molecule has 1 aliphatic heterocycles. The number of fused-ring (bicyclic) bond motifs is 3. The van der Waals surface area contributed by atoms with Crippen molar-refractivity contribution in [1.29, 1.82) is 0 Å². The molecule has 0 radical (unpaired) electrons. The van der Waals surface area contributed by atoms with Gasteiger partial charge in [-0.05, 0) is 69.4 Å². The Bertz CT molecular complexity index is 901. The number of ether oxygens (including phenoxy) is 2. The number of carbonyl (C=O) groups is 3. The van der Waals surface area contributed by atoms with E-state index >= 15 is 0 Å². The molecule has 0 aromatic carbocycles. The van der Waals surface area contributed by atoms with Crippen molar-refractivity contribution < 1.29 is 23.9 Å². The summed E-state index contributed by atoms with van der Waals surface area (Å²) in [6.07, 6.45) is 8.67. The molecule has 5 rings (SSSR count). The van der Waals surface area contributed by atoms with Crippen molar-refractivity contribution in [3.63, 3.8) is 0 Å². The van der Waals surface area contributed by atoms with Crippen molar-refractivity contribution in [2.45, 2.75) is 77.6 Å². The topological polar surface area (TPSA) is 73.0 Å². The number of epoxide rings is 1. The first kappa shape index (κ1) is 19.2. The van der Waals surface area contributed by atoms with Crippen molar-refractivity contribution >= 4 is 17.5 Å². The molecule has 4 aliphatic carbocycles. The standard InChI is InChI=1S/C24H30O5/c1-13-10-19-17-7-9-23(14(2)25,28-15(3)26)22(17,5)12-20-24(19,29-20)21(4)8-6-16(27)11-18(13)21/h6,8,11,13,17,19-20H,7,9-10,12H2,1-5H3/t13-,17-,19-,20+,21-,22-,23-,24+/m0/s1. The summed E-state index contributed by atoms with van der Waals surface area (Å²) in [4.78, 5) is 36.9. The zero-order valence-electron chi connectivity index (χ0n) is 17.9. The fourth-order valence-corrected chi connectivity index (χ4v) is 8.09. The van der Waals surface area contributed by atoms with E-state index in [0.717, 1.165) is 12.8 Å². The second-order valence-corrected chi connectivity index (χ2v) is 10.4. The summed E-state index contributed by atoms with van der Waals surface area (Å²) in [6, 6.07) is 0. The molecule has 0 aromatic rings. The summed E-state index contributed by atoms with van der Waals surface area (Å²) in [7, 11) is 0. The van der Waals surface area contributed by atoms with Gasteiger partial charge < -0.3 is 9.47 Å². The third-order valence-electron chi connectivity index (χ3n) is 9.27. The smallest absolute Gasteiger partial charge is 0.303 e. The Balaban J connectivity index is 1.61. The lowest BCUT2D eigenvalue weighted by atomic mass is 9.45. The van der Waals surface area contributed by atoms with Crippen molar-refractivity contribution in [3.05, 3.63) is 23.8 Å². The molecule has 156 valence electrons. The molecular formula is C24H30O5. The minimum absolute atomic E-state index is 0.0138. The van der Waals surface area contributed by atoms with Gasteiger partial charge in [0.2, 0.25) is 0 Å². The van der Waals surface area contributed by atoms with E-state index in [1.807, 2.05) is 6.08 Å². The fourth-order valence-electron chi connectivity index (χ4n) is 8.09. The molecule has 4 fully saturated rings. The lowest BCUT2D eigenvalue weighted by Crippen LogP contribution is -2.62. The van der Waals surface area contributed by atoms with Gasteiger partial charge in [-0.3, -0.25) is 14.4 Å². The average Bonchev–Trinajstić information content (AvgIpc) is 3.27. The van der Waals surface area contributed by atoms with Gasteiger partial charge in [0.25, 0.3) is 0 Å². The monoisotopic (exact) mass is 398 g/mol. The maximum atomic E-state index is 12.9. The van der Waals surface area contributed by atoms with Crippen LogP contribution < -0.4 is 0 Å². The molecule has 29 heavy (non-hydrogen) atoms. The molecule has 1 saturated heterocycles. The molecule has 0 aromatic heterocycles. The molecule has 3 saturated carbocycles. The summed E-state index contributed by atoms with van der Waals surface area (Å²) in [5.41, 5.74) is -0.900.